The second-order valence-corrected chi connectivity index (χ2v) is 8.36. The van der Waals surface area contributed by atoms with E-state index in [0.29, 0.717) is 10.9 Å². The van der Waals surface area contributed by atoms with Crippen molar-refractivity contribution in [2.45, 2.75) is 36.7 Å². The lowest BCUT2D eigenvalue weighted by Gasteiger charge is -2.21. The number of methoxy groups -OCH3 is 1. The zero-order valence-corrected chi connectivity index (χ0v) is 15.1. The standard InChI is InChI=1S/C19H23NO3S/c1-13(14-7-9-15(10-8-14)24(3,21)22)20-18-12-11-17-16(18)5-4-6-19(17)23-2/h4-10,13,18,20H,11-12H2,1-3H3. The largest absolute Gasteiger partial charge is 0.496 e. The molecule has 1 aliphatic rings. The van der Waals surface area contributed by atoms with E-state index in [9.17, 15) is 8.42 Å². The van der Waals surface area contributed by atoms with Gasteiger partial charge in [0.15, 0.2) is 9.84 Å². The van der Waals surface area contributed by atoms with E-state index in [2.05, 4.69) is 18.3 Å². The molecule has 0 amide bonds. The van der Waals surface area contributed by atoms with Crippen molar-refractivity contribution >= 4 is 9.84 Å². The van der Waals surface area contributed by atoms with Crippen LogP contribution in [0.5, 0.6) is 5.75 Å². The molecule has 1 aliphatic carbocycles. The fourth-order valence-electron chi connectivity index (χ4n) is 3.39. The van der Waals surface area contributed by atoms with Gasteiger partial charge in [0.25, 0.3) is 0 Å². The molecule has 0 aliphatic heterocycles. The zero-order chi connectivity index (χ0) is 17.3. The van der Waals surface area contributed by atoms with Gasteiger partial charge < -0.3 is 10.1 Å². The number of hydrogen-bond acceptors (Lipinski definition) is 4. The van der Waals surface area contributed by atoms with Crippen LogP contribution in [-0.4, -0.2) is 21.8 Å². The predicted molar refractivity (Wildman–Crippen MR) is 95.2 cm³/mol. The average Bonchev–Trinajstić information content (AvgIpc) is 2.97. The highest BCUT2D eigenvalue weighted by Crippen LogP contribution is 2.38. The third kappa shape index (κ3) is 3.32. The third-order valence-electron chi connectivity index (χ3n) is 4.71. The topological polar surface area (TPSA) is 55.4 Å². The minimum atomic E-state index is -3.15. The normalized spacial score (nSPS) is 18.2. The summed E-state index contributed by atoms with van der Waals surface area (Å²) < 4.78 is 28.6. The van der Waals surface area contributed by atoms with Gasteiger partial charge in [0, 0.05) is 18.3 Å². The van der Waals surface area contributed by atoms with E-state index >= 15 is 0 Å². The molecule has 0 heterocycles. The molecule has 4 nitrogen and oxygen atoms in total. The maximum atomic E-state index is 11.6. The van der Waals surface area contributed by atoms with Crippen LogP contribution in [0.4, 0.5) is 0 Å². The van der Waals surface area contributed by atoms with Gasteiger partial charge in [0.1, 0.15) is 5.75 Å². The first-order valence-corrected chi connectivity index (χ1v) is 10.0. The SMILES string of the molecule is COc1cccc2c1CCC2NC(C)c1ccc(S(C)(=O)=O)cc1. The number of nitrogens with one attached hydrogen (secondary N) is 1. The van der Waals surface area contributed by atoms with Crippen LogP contribution in [0.2, 0.25) is 0 Å². The minimum absolute atomic E-state index is 0.140. The second-order valence-electron chi connectivity index (χ2n) is 6.35. The van der Waals surface area contributed by atoms with Crippen LogP contribution >= 0.6 is 0 Å². The highest BCUT2D eigenvalue weighted by Gasteiger charge is 2.26. The zero-order valence-electron chi connectivity index (χ0n) is 14.2. The maximum Gasteiger partial charge on any atom is 0.175 e. The van der Waals surface area contributed by atoms with E-state index in [1.807, 2.05) is 24.3 Å². The van der Waals surface area contributed by atoms with Crippen LogP contribution in [0.1, 0.15) is 42.1 Å². The van der Waals surface area contributed by atoms with E-state index in [-0.39, 0.29) is 6.04 Å². The molecule has 5 heteroatoms. The summed E-state index contributed by atoms with van der Waals surface area (Å²) in [6.07, 6.45) is 3.28. The van der Waals surface area contributed by atoms with Crippen LogP contribution < -0.4 is 10.1 Å². The van der Waals surface area contributed by atoms with Gasteiger partial charge in [-0.15, -0.1) is 0 Å². The molecule has 0 saturated carbocycles. The van der Waals surface area contributed by atoms with Gasteiger partial charge in [-0.1, -0.05) is 24.3 Å². The summed E-state index contributed by atoms with van der Waals surface area (Å²) in [7, 11) is -1.44. The lowest BCUT2D eigenvalue weighted by molar-refractivity contribution is 0.410. The molecule has 128 valence electrons. The average molecular weight is 345 g/mol. The first kappa shape index (κ1) is 17.0. The number of benzene rings is 2. The number of ether oxygens (including phenoxy) is 1. The van der Waals surface area contributed by atoms with Crippen molar-refractivity contribution in [2.75, 3.05) is 13.4 Å². The Morgan fingerprint density at radius 1 is 1.17 bits per heavy atom. The second kappa shape index (κ2) is 6.57. The monoisotopic (exact) mass is 345 g/mol. The summed E-state index contributed by atoms with van der Waals surface area (Å²) in [5, 5.41) is 3.66. The van der Waals surface area contributed by atoms with Crippen LogP contribution in [0.15, 0.2) is 47.4 Å². The molecule has 2 aromatic rings. The molecule has 0 fully saturated rings. The molecule has 2 atom stereocenters. The Bertz CT molecular complexity index is 828. The Labute approximate surface area is 143 Å². The van der Waals surface area contributed by atoms with Gasteiger partial charge in [0.2, 0.25) is 0 Å². The molecule has 0 saturated heterocycles. The van der Waals surface area contributed by atoms with Crippen molar-refractivity contribution < 1.29 is 13.2 Å². The van der Waals surface area contributed by atoms with E-state index < -0.39 is 9.84 Å². The van der Waals surface area contributed by atoms with Gasteiger partial charge in [-0.05, 0) is 54.7 Å². The smallest absolute Gasteiger partial charge is 0.175 e. The van der Waals surface area contributed by atoms with Crippen molar-refractivity contribution in [3.05, 3.63) is 59.2 Å². The van der Waals surface area contributed by atoms with Gasteiger partial charge in [-0.25, -0.2) is 8.42 Å². The highest BCUT2D eigenvalue weighted by atomic mass is 32.2. The van der Waals surface area contributed by atoms with Crippen molar-refractivity contribution in [1.82, 2.24) is 5.32 Å². The fourth-order valence-corrected chi connectivity index (χ4v) is 4.02. The predicted octanol–water partition coefficient (Wildman–Crippen LogP) is 3.44. The molecular formula is C19H23NO3S. The molecule has 0 aromatic heterocycles. The molecule has 1 N–H and O–H groups in total. The van der Waals surface area contributed by atoms with Gasteiger partial charge in [-0.3, -0.25) is 0 Å². The van der Waals surface area contributed by atoms with E-state index in [4.69, 9.17) is 4.74 Å². The molecule has 3 rings (SSSR count). The lowest BCUT2D eigenvalue weighted by Crippen LogP contribution is -2.23. The van der Waals surface area contributed by atoms with Crippen molar-refractivity contribution in [3.63, 3.8) is 0 Å². The quantitative estimate of drug-likeness (QED) is 0.902. The number of hydrogen-bond donors (Lipinski definition) is 1. The maximum absolute atomic E-state index is 11.6. The van der Waals surface area contributed by atoms with Crippen molar-refractivity contribution in [3.8, 4) is 5.75 Å². The summed E-state index contributed by atoms with van der Waals surface area (Å²) in [5.74, 6) is 0.960. The molecule has 2 aromatic carbocycles. The Morgan fingerprint density at radius 3 is 2.50 bits per heavy atom. The summed E-state index contributed by atoms with van der Waals surface area (Å²) in [6.45, 7) is 2.10. The Balaban J connectivity index is 1.76. The summed E-state index contributed by atoms with van der Waals surface area (Å²) in [6, 6.07) is 13.7. The van der Waals surface area contributed by atoms with E-state index in [1.54, 1.807) is 19.2 Å². The van der Waals surface area contributed by atoms with Crippen LogP contribution in [0.3, 0.4) is 0 Å². The fraction of sp³-hybridized carbons (Fsp3) is 0.368. The van der Waals surface area contributed by atoms with Crippen LogP contribution in [-0.2, 0) is 16.3 Å². The molecule has 0 spiro atoms. The van der Waals surface area contributed by atoms with Gasteiger partial charge >= 0.3 is 0 Å². The Kier molecular flexibility index (Phi) is 4.65. The van der Waals surface area contributed by atoms with Crippen molar-refractivity contribution in [2.24, 2.45) is 0 Å². The lowest BCUT2D eigenvalue weighted by atomic mass is 10.0. The summed E-state index contributed by atoms with van der Waals surface area (Å²) in [5.41, 5.74) is 3.67. The first-order valence-electron chi connectivity index (χ1n) is 8.12. The van der Waals surface area contributed by atoms with Gasteiger partial charge in [0.05, 0.1) is 12.0 Å². The van der Waals surface area contributed by atoms with Crippen LogP contribution in [0, 0.1) is 0 Å². The molecular weight excluding hydrogens is 322 g/mol. The van der Waals surface area contributed by atoms with Gasteiger partial charge in [-0.2, -0.15) is 0 Å². The molecule has 2 unspecified atom stereocenters. The van der Waals surface area contributed by atoms with Crippen LogP contribution in [0.25, 0.3) is 0 Å². The van der Waals surface area contributed by atoms with E-state index in [0.717, 1.165) is 24.2 Å². The van der Waals surface area contributed by atoms with E-state index in [1.165, 1.54) is 17.4 Å². The minimum Gasteiger partial charge on any atom is -0.496 e. The Morgan fingerprint density at radius 2 is 1.88 bits per heavy atom. The molecule has 24 heavy (non-hydrogen) atoms. The van der Waals surface area contributed by atoms with Crippen molar-refractivity contribution in [1.29, 1.82) is 0 Å². The highest BCUT2D eigenvalue weighted by molar-refractivity contribution is 7.90. The summed E-state index contributed by atoms with van der Waals surface area (Å²) >= 11 is 0. The number of rotatable bonds is 5. The Hall–Kier alpha value is -1.85. The molecule has 0 bridgehead atoms. The number of fused-ring (bicyclic) bond motifs is 1. The molecule has 0 radical (unpaired) electrons. The third-order valence-corrected chi connectivity index (χ3v) is 5.84. The first-order chi connectivity index (χ1) is 11.4. The number of sulfone groups is 1. The summed E-state index contributed by atoms with van der Waals surface area (Å²) in [4.78, 5) is 0.356.